The molecular weight excluding hydrogens is 260 g/mol. The molecule has 1 rings (SSSR count). The van der Waals surface area contributed by atoms with Crippen LogP contribution in [0.1, 0.15) is 18.4 Å². The summed E-state index contributed by atoms with van der Waals surface area (Å²) in [6, 6.07) is 6.44. The number of nitrogens with zero attached hydrogens (tertiary/aromatic N) is 1. The van der Waals surface area contributed by atoms with E-state index >= 15 is 0 Å². The smallest absolute Gasteiger partial charge is 0.320 e. The topological polar surface area (TPSA) is 92.9 Å². The molecule has 20 heavy (non-hydrogen) atoms. The van der Waals surface area contributed by atoms with Gasteiger partial charge in [-0.05, 0) is 24.1 Å². The predicted molar refractivity (Wildman–Crippen MR) is 74.3 cm³/mol. The molecule has 0 saturated heterocycles. The van der Waals surface area contributed by atoms with Gasteiger partial charge in [-0.15, -0.1) is 0 Å². The zero-order chi connectivity index (χ0) is 15.1. The van der Waals surface area contributed by atoms with Crippen LogP contribution in [0.2, 0.25) is 0 Å². The Morgan fingerprint density at radius 3 is 2.75 bits per heavy atom. The number of amides is 1. The zero-order valence-electron chi connectivity index (χ0n) is 11.7. The highest BCUT2D eigenvalue weighted by Gasteiger charge is 2.16. The normalized spacial score (nSPS) is 11.8. The van der Waals surface area contributed by atoms with Crippen molar-refractivity contribution in [2.24, 2.45) is 5.73 Å². The van der Waals surface area contributed by atoms with Crippen LogP contribution in [0.15, 0.2) is 24.3 Å². The molecule has 1 amide bonds. The fraction of sp³-hybridized carbons (Fsp3) is 0.429. The highest BCUT2D eigenvalue weighted by Crippen LogP contribution is 2.14. The van der Waals surface area contributed by atoms with Gasteiger partial charge in [0.2, 0.25) is 5.91 Å². The molecule has 1 aromatic rings. The van der Waals surface area contributed by atoms with Crippen molar-refractivity contribution >= 4 is 11.9 Å². The quantitative estimate of drug-likeness (QED) is 0.772. The molecule has 6 nitrogen and oxygen atoms in total. The Morgan fingerprint density at radius 2 is 2.15 bits per heavy atom. The maximum atomic E-state index is 11.9. The molecule has 0 aliphatic heterocycles. The van der Waals surface area contributed by atoms with Crippen LogP contribution in [0, 0.1) is 0 Å². The molecule has 0 radical (unpaired) electrons. The van der Waals surface area contributed by atoms with E-state index in [9.17, 15) is 9.59 Å². The molecule has 0 unspecified atom stereocenters. The van der Waals surface area contributed by atoms with Crippen molar-refractivity contribution in [3.63, 3.8) is 0 Å². The first-order valence-corrected chi connectivity index (χ1v) is 6.29. The molecule has 0 saturated carbocycles. The maximum absolute atomic E-state index is 11.9. The number of aliphatic carboxylic acids is 1. The number of carboxylic acids is 1. The Hall–Kier alpha value is -2.08. The summed E-state index contributed by atoms with van der Waals surface area (Å²) in [5.41, 5.74) is 6.32. The molecule has 0 aromatic heterocycles. The minimum Gasteiger partial charge on any atom is -0.497 e. The van der Waals surface area contributed by atoms with Crippen molar-refractivity contribution in [2.75, 3.05) is 14.2 Å². The highest BCUT2D eigenvalue weighted by atomic mass is 16.5. The third-order valence-corrected chi connectivity index (χ3v) is 2.97. The molecule has 6 heteroatoms. The number of carbonyl (C=O) groups is 2. The van der Waals surface area contributed by atoms with Gasteiger partial charge in [0.25, 0.3) is 0 Å². The predicted octanol–water partition coefficient (Wildman–Crippen LogP) is 0.846. The maximum Gasteiger partial charge on any atom is 0.320 e. The van der Waals surface area contributed by atoms with Crippen LogP contribution in [0.25, 0.3) is 0 Å². The zero-order valence-corrected chi connectivity index (χ0v) is 11.7. The minimum atomic E-state index is -1.09. The van der Waals surface area contributed by atoms with Crippen molar-refractivity contribution in [3.8, 4) is 5.75 Å². The third-order valence-electron chi connectivity index (χ3n) is 2.97. The molecular formula is C14H20N2O4. The van der Waals surface area contributed by atoms with E-state index in [-0.39, 0.29) is 18.7 Å². The number of carboxylic acid groups (broad SMARTS) is 1. The van der Waals surface area contributed by atoms with Crippen molar-refractivity contribution in [2.45, 2.75) is 25.4 Å². The van der Waals surface area contributed by atoms with Gasteiger partial charge >= 0.3 is 5.97 Å². The first kappa shape index (κ1) is 16.0. The molecule has 3 N–H and O–H groups in total. The molecule has 0 aliphatic rings. The fourth-order valence-electron chi connectivity index (χ4n) is 1.73. The SMILES string of the molecule is COc1cccc(CN(C)C(=O)CC[C@H](N)C(=O)O)c1. The summed E-state index contributed by atoms with van der Waals surface area (Å²) in [6.07, 6.45) is 0.255. The van der Waals surface area contributed by atoms with E-state index < -0.39 is 12.0 Å². The summed E-state index contributed by atoms with van der Waals surface area (Å²) >= 11 is 0. The monoisotopic (exact) mass is 280 g/mol. The van der Waals surface area contributed by atoms with Gasteiger partial charge in [-0.2, -0.15) is 0 Å². The largest absolute Gasteiger partial charge is 0.497 e. The first-order valence-electron chi connectivity index (χ1n) is 6.29. The minimum absolute atomic E-state index is 0.119. The van der Waals surface area contributed by atoms with E-state index in [0.717, 1.165) is 11.3 Å². The number of carbonyl (C=O) groups excluding carboxylic acids is 1. The number of ether oxygens (including phenoxy) is 1. The summed E-state index contributed by atoms with van der Waals surface area (Å²) in [6.45, 7) is 0.443. The van der Waals surface area contributed by atoms with Crippen molar-refractivity contribution < 1.29 is 19.4 Å². The van der Waals surface area contributed by atoms with Crippen LogP contribution >= 0.6 is 0 Å². The van der Waals surface area contributed by atoms with Gasteiger partial charge in [-0.25, -0.2) is 0 Å². The Morgan fingerprint density at radius 1 is 1.45 bits per heavy atom. The van der Waals surface area contributed by atoms with Crippen LogP contribution in [-0.4, -0.2) is 42.1 Å². The van der Waals surface area contributed by atoms with Crippen molar-refractivity contribution in [1.82, 2.24) is 4.90 Å². The summed E-state index contributed by atoms with van der Waals surface area (Å²) in [5.74, 6) is -0.492. The van der Waals surface area contributed by atoms with E-state index in [1.54, 1.807) is 19.1 Å². The molecule has 0 fully saturated rings. The number of hydrogen-bond acceptors (Lipinski definition) is 4. The molecule has 110 valence electrons. The summed E-state index contributed by atoms with van der Waals surface area (Å²) < 4.78 is 5.12. The van der Waals surface area contributed by atoms with Gasteiger partial charge in [0, 0.05) is 20.0 Å². The lowest BCUT2D eigenvalue weighted by molar-refractivity contribution is -0.139. The van der Waals surface area contributed by atoms with Gasteiger partial charge in [-0.3, -0.25) is 9.59 Å². The number of hydrogen-bond donors (Lipinski definition) is 2. The summed E-state index contributed by atoms with van der Waals surface area (Å²) in [4.78, 5) is 24.0. The van der Waals surface area contributed by atoms with Crippen LogP contribution in [0.5, 0.6) is 5.75 Å². The molecule has 0 bridgehead atoms. The average molecular weight is 280 g/mol. The Labute approximate surface area is 118 Å². The van der Waals surface area contributed by atoms with Gasteiger partial charge < -0.3 is 20.5 Å². The summed E-state index contributed by atoms with van der Waals surface area (Å²) in [7, 11) is 3.26. The van der Waals surface area contributed by atoms with Crippen LogP contribution in [0.3, 0.4) is 0 Å². The van der Waals surface area contributed by atoms with E-state index in [1.165, 1.54) is 0 Å². The Balaban J connectivity index is 2.50. The lowest BCUT2D eigenvalue weighted by Crippen LogP contribution is -2.33. The van der Waals surface area contributed by atoms with Crippen LogP contribution < -0.4 is 10.5 Å². The number of methoxy groups -OCH3 is 1. The van der Waals surface area contributed by atoms with Crippen molar-refractivity contribution in [3.05, 3.63) is 29.8 Å². The van der Waals surface area contributed by atoms with Crippen molar-refractivity contribution in [1.29, 1.82) is 0 Å². The summed E-state index contributed by atoms with van der Waals surface area (Å²) in [5, 5.41) is 8.66. The molecule has 0 aliphatic carbocycles. The molecule has 0 heterocycles. The van der Waals surface area contributed by atoms with E-state index in [1.807, 2.05) is 24.3 Å². The average Bonchev–Trinajstić information content (AvgIpc) is 2.44. The standard InChI is InChI=1S/C14H20N2O4/c1-16(13(17)7-6-12(15)14(18)19)9-10-4-3-5-11(8-10)20-2/h3-5,8,12H,6-7,9,15H2,1-2H3,(H,18,19)/t12-/m0/s1. The number of benzene rings is 1. The van der Waals surface area contributed by atoms with E-state index in [4.69, 9.17) is 15.6 Å². The Bertz CT molecular complexity index is 476. The van der Waals surface area contributed by atoms with Gasteiger partial charge in [0.05, 0.1) is 7.11 Å². The highest BCUT2D eigenvalue weighted by molar-refractivity contribution is 5.78. The van der Waals surface area contributed by atoms with Gasteiger partial charge in [0.1, 0.15) is 11.8 Å². The second kappa shape index (κ2) is 7.49. The number of nitrogens with two attached hydrogens (primary N) is 1. The lowest BCUT2D eigenvalue weighted by Gasteiger charge is -2.18. The fourth-order valence-corrected chi connectivity index (χ4v) is 1.73. The number of rotatable bonds is 7. The van der Waals surface area contributed by atoms with Crippen LogP contribution in [-0.2, 0) is 16.1 Å². The first-order chi connectivity index (χ1) is 9.43. The molecule has 1 aromatic carbocycles. The van der Waals surface area contributed by atoms with E-state index in [2.05, 4.69) is 0 Å². The second-order valence-electron chi connectivity index (χ2n) is 4.58. The van der Waals surface area contributed by atoms with E-state index in [0.29, 0.717) is 6.54 Å². The second-order valence-corrected chi connectivity index (χ2v) is 4.58. The third kappa shape index (κ3) is 4.89. The molecule has 1 atom stereocenters. The van der Waals surface area contributed by atoms with Crippen LogP contribution in [0.4, 0.5) is 0 Å². The Kier molecular flexibility index (Phi) is 5.99. The van der Waals surface area contributed by atoms with Gasteiger partial charge in [-0.1, -0.05) is 12.1 Å². The molecule has 0 spiro atoms. The lowest BCUT2D eigenvalue weighted by atomic mass is 10.1. The van der Waals surface area contributed by atoms with Gasteiger partial charge in [0.15, 0.2) is 0 Å².